The van der Waals surface area contributed by atoms with Crippen LogP contribution in [0.25, 0.3) is 0 Å². The predicted octanol–water partition coefficient (Wildman–Crippen LogP) is 0.763. The molecule has 7 nitrogen and oxygen atoms in total. The number of piperidine rings is 1. The molecule has 2 amide bonds. The number of rotatable bonds is 4. The van der Waals surface area contributed by atoms with Crippen molar-refractivity contribution in [3.8, 4) is 0 Å². The van der Waals surface area contributed by atoms with Gasteiger partial charge in [0, 0.05) is 19.1 Å². The SMILES string of the molecule is CC1CCN(C(=O)c2nc(CC(=O)NC3CC3)no2)CC1. The van der Waals surface area contributed by atoms with Crippen molar-refractivity contribution in [1.82, 2.24) is 20.4 Å². The van der Waals surface area contributed by atoms with Gasteiger partial charge in [-0.05, 0) is 31.6 Å². The molecule has 2 fully saturated rings. The van der Waals surface area contributed by atoms with Crippen LogP contribution in [-0.2, 0) is 11.2 Å². The third kappa shape index (κ3) is 3.59. The molecule has 1 N–H and O–H groups in total. The fourth-order valence-electron chi connectivity index (χ4n) is 2.41. The lowest BCUT2D eigenvalue weighted by Gasteiger charge is -2.28. The Hall–Kier alpha value is -1.92. The summed E-state index contributed by atoms with van der Waals surface area (Å²) >= 11 is 0. The number of carbonyl (C=O) groups is 2. The van der Waals surface area contributed by atoms with Crippen molar-refractivity contribution in [3.63, 3.8) is 0 Å². The van der Waals surface area contributed by atoms with E-state index in [0.29, 0.717) is 12.0 Å². The van der Waals surface area contributed by atoms with E-state index >= 15 is 0 Å². The molecule has 3 rings (SSSR count). The molecule has 1 aromatic rings. The van der Waals surface area contributed by atoms with E-state index < -0.39 is 0 Å². The second kappa shape index (κ2) is 5.83. The lowest BCUT2D eigenvalue weighted by Crippen LogP contribution is -2.38. The summed E-state index contributed by atoms with van der Waals surface area (Å²) in [5.41, 5.74) is 0. The summed E-state index contributed by atoms with van der Waals surface area (Å²) in [5, 5.41) is 6.57. The highest BCUT2D eigenvalue weighted by Gasteiger charge is 2.27. The minimum atomic E-state index is -0.233. The molecule has 7 heteroatoms. The van der Waals surface area contributed by atoms with Crippen LogP contribution in [0.3, 0.4) is 0 Å². The van der Waals surface area contributed by atoms with Gasteiger partial charge in [-0.25, -0.2) is 0 Å². The number of hydrogen-bond donors (Lipinski definition) is 1. The average molecular weight is 292 g/mol. The Morgan fingerprint density at radius 1 is 1.29 bits per heavy atom. The van der Waals surface area contributed by atoms with Gasteiger partial charge in [-0.1, -0.05) is 12.1 Å². The first-order valence-corrected chi connectivity index (χ1v) is 7.53. The van der Waals surface area contributed by atoms with Crippen LogP contribution in [-0.4, -0.2) is 46.0 Å². The summed E-state index contributed by atoms with van der Waals surface area (Å²) in [6, 6.07) is 0.306. The maximum Gasteiger partial charge on any atom is 0.316 e. The smallest absolute Gasteiger partial charge is 0.316 e. The van der Waals surface area contributed by atoms with Gasteiger partial charge in [-0.2, -0.15) is 4.98 Å². The Kier molecular flexibility index (Phi) is 3.90. The molecular formula is C14H20N4O3. The molecule has 0 radical (unpaired) electrons. The van der Waals surface area contributed by atoms with Crippen LogP contribution < -0.4 is 5.32 Å². The number of aromatic nitrogens is 2. The molecule has 0 spiro atoms. The summed E-state index contributed by atoms with van der Waals surface area (Å²) in [6.45, 7) is 3.63. The number of hydrogen-bond acceptors (Lipinski definition) is 5. The van der Waals surface area contributed by atoms with E-state index in [4.69, 9.17) is 4.52 Å². The van der Waals surface area contributed by atoms with Gasteiger partial charge >= 0.3 is 11.8 Å². The van der Waals surface area contributed by atoms with Crippen LogP contribution in [0.2, 0.25) is 0 Å². The van der Waals surface area contributed by atoms with Crippen molar-refractivity contribution in [2.24, 2.45) is 5.92 Å². The van der Waals surface area contributed by atoms with E-state index in [1.165, 1.54) is 0 Å². The average Bonchev–Trinajstić information content (AvgIpc) is 3.15. The Morgan fingerprint density at radius 3 is 2.67 bits per heavy atom. The normalized spacial score (nSPS) is 19.6. The molecule has 0 aromatic carbocycles. The van der Waals surface area contributed by atoms with E-state index in [2.05, 4.69) is 22.4 Å². The molecule has 21 heavy (non-hydrogen) atoms. The number of nitrogens with zero attached hydrogens (tertiary/aromatic N) is 3. The second-order valence-corrected chi connectivity index (χ2v) is 6.01. The quantitative estimate of drug-likeness (QED) is 0.885. The van der Waals surface area contributed by atoms with Crippen molar-refractivity contribution < 1.29 is 14.1 Å². The van der Waals surface area contributed by atoms with Gasteiger partial charge in [0.25, 0.3) is 0 Å². The molecule has 2 heterocycles. The van der Waals surface area contributed by atoms with Crippen LogP contribution in [0.4, 0.5) is 0 Å². The van der Waals surface area contributed by atoms with Crippen molar-refractivity contribution in [2.75, 3.05) is 13.1 Å². The monoisotopic (exact) mass is 292 g/mol. The Morgan fingerprint density at radius 2 is 2.00 bits per heavy atom. The minimum Gasteiger partial charge on any atom is -0.353 e. The molecule has 1 saturated heterocycles. The predicted molar refractivity (Wildman–Crippen MR) is 73.5 cm³/mol. The minimum absolute atomic E-state index is 0.0150. The Balaban J connectivity index is 1.56. The van der Waals surface area contributed by atoms with Crippen molar-refractivity contribution in [3.05, 3.63) is 11.7 Å². The fraction of sp³-hybridized carbons (Fsp3) is 0.714. The molecule has 0 unspecified atom stereocenters. The number of carbonyl (C=O) groups excluding carboxylic acids is 2. The Labute approximate surface area is 123 Å². The lowest BCUT2D eigenvalue weighted by atomic mass is 9.99. The molecule has 1 aliphatic heterocycles. The van der Waals surface area contributed by atoms with E-state index in [9.17, 15) is 9.59 Å². The molecule has 0 bridgehead atoms. The summed E-state index contributed by atoms with van der Waals surface area (Å²) in [7, 11) is 0. The van der Waals surface area contributed by atoms with Gasteiger partial charge < -0.3 is 14.7 Å². The Bertz CT molecular complexity index is 530. The van der Waals surface area contributed by atoms with Crippen LogP contribution in [0.15, 0.2) is 4.52 Å². The number of nitrogens with one attached hydrogen (secondary N) is 1. The van der Waals surface area contributed by atoms with Crippen molar-refractivity contribution in [2.45, 2.75) is 45.1 Å². The van der Waals surface area contributed by atoms with E-state index in [0.717, 1.165) is 38.8 Å². The highest BCUT2D eigenvalue weighted by Crippen LogP contribution is 2.19. The molecule has 0 atom stereocenters. The maximum atomic E-state index is 12.2. The number of likely N-dealkylation sites (tertiary alicyclic amines) is 1. The molecule has 2 aliphatic rings. The van der Waals surface area contributed by atoms with Gasteiger partial charge in [0.15, 0.2) is 5.82 Å². The van der Waals surface area contributed by atoms with E-state index in [-0.39, 0.29) is 30.0 Å². The zero-order valence-corrected chi connectivity index (χ0v) is 12.2. The topological polar surface area (TPSA) is 88.3 Å². The largest absolute Gasteiger partial charge is 0.353 e. The molecular weight excluding hydrogens is 272 g/mol. The molecule has 1 aromatic heterocycles. The van der Waals surface area contributed by atoms with Crippen LogP contribution in [0.1, 0.15) is 49.1 Å². The van der Waals surface area contributed by atoms with E-state index in [1.807, 2.05) is 0 Å². The summed E-state index contributed by atoms with van der Waals surface area (Å²) in [6.07, 6.45) is 4.13. The summed E-state index contributed by atoms with van der Waals surface area (Å²) < 4.78 is 5.00. The zero-order chi connectivity index (χ0) is 14.8. The van der Waals surface area contributed by atoms with E-state index in [1.54, 1.807) is 4.90 Å². The molecule has 114 valence electrons. The zero-order valence-electron chi connectivity index (χ0n) is 12.2. The van der Waals surface area contributed by atoms with Gasteiger partial charge in [-0.3, -0.25) is 9.59 Å². The summed E-state index contributed by atoms with van der Waals surface area (Å²) in [4.78, 5) is 29.7. The van der Waals surface area contributed by atoms with Crippen molar-refractivity contribution >= 4 is 11.8 Å². The highest BCUT2D eigenvalue weighted by atomic mass is 16.5. The molecule has 1 saturated carbocycles. The lowest BCUT2D eigenvalue weighted by molar-refractivity contribution is -0.120. The van der Waals surface area contributed by atoms with Crippen LogP contribution in [0, 0.1) is 5.92 Å². The highest BCUT2D eigenvalue weighted by molar-refractivity contribution is 5.89. The van der Waals surface area contributed by atoms with Crippen LogP contribution >= 0.6 is 0 Å². The van der Waals surface area contributed by atoms with Gasteiger partial charge in [0.05, 0.1) is 6.42 Å². The fourth-order valence-corrected chi connectivity index (χ4v) is 2.41. The van der Waals surface area contributed by atoms with Gasteiger partial charge in [0.1, 0.15) is 0 Å². The van der Waals surface area contributed by atoms with Crippen molar-refractivity contribution in [1.29, 1.82) is 0 Å². The molecule has 1 aliphatic carbocycles. The summed E-state index contributed by atoms with van der Waals surface area (Å²) in [5.74, 6) is 0.548. The van der Waals surface area contributed by atoms with Crippen LogP contribution in [0.5, 0.6) is 0 Å². The van der Waals surface area contributed by atoms with Gasteiger partial charge in [0.2, 0.25) is 5.91 Å². The second-order valence-electron chi connectivity index (χ2n) is 6.01. The standard InChI is InChI=1S/C14H20N4O3/c1-9-4-6-18(7-5-9)14(20)13-16-11(17-21-13)8-12(19)15-10-2-3-10/h9-10H,2-8H2,1H3,(H,15,19). The maximum absolute atomic E-state index is 12.2. The van der Waals surface area contributed by atoms with Gasteiger partial charge in [-0.15, -0.1) is 0 Å². The third-order valence-corrected chi connectivity index (χ3v) is 3.98. The first kappa shape index (κ1) is 14.0. The first-order chi connectivity index (χ1) is 10.1. The first-order valence-electron chi connectivity index (χ1n) is 7.53. The third-order valence-electron chi connectivity index (χ3n) is 3.98. The number of amides is 2.